The van der Waals surface area contributed by atoms with Crippen LogP contribution in [0.3, 0.4) is 0 Å². The molecule has 0 aromatic heterocycles. The average molecular weight is 865 g/mol. The summed E-state index contributed by atoms with van der Waals surface area (Å²) in [5.74, 6) is -0.833. The predicted octanol–water partition coefficient (Wildman–Crippen LogP) is 14.0. The van der Waals surface area contributed by atoms with Gasteiger partial charge in [0.15, 0.2) is 6.10 Å². The Morgan fingerprint density at radius 1 is 0.533 bits per heavy atom. The van der Waals surface area contributed by atoms with E-state index in [-0.39, 0.29) is 32.0 Å². The third-order valence-electron chi connectivity index (χ3n) is 10.1. The van der Waals surface area contributed by atoms with Crippen LogP contribution < -0.4 is 0 Å². The third-order valence-corrected chi connectivity index (χ3v) is 11.0. The van der Waals surface area contributed by atoms with Crippen LogP contribution in [0.5, 0.6) is 0 Å². The number of phosphoric ester groups is 1. The zero-order valence-corrected chi connectivity index (χ0v) is 40.1. The van der Waals surface area contributed by atoms with Gasteiger partial charge in [-0.15, -0.1) is 0 Å². The maximum atomic E-state index is 12.7. The van der Waals surface area contributed by atoms with Crippen molar-refractivity contribution in [3.63, 3.8) is 0 Å². The minimum absolute atomic E-state index is 0.0235. The molecule has 0 aromatic carbocycles. The van der Waals surface area contributed by atoms with Crippen LogP contribution in [-0.2, 0) is 32.7 Å². The number of unbranched alkanes of at least 4 members (excludes halogenated alkanes) is 19. The molecular weight excluding hydrogens is 774 g/mol. The smallest absolute Gasteiger partial charge is 0.462 e. The van der Waals surface area contributed by atoms with Gasteiger partial charge in [0.25, 0.3) is 0 Å². The summed E-state index contributed by atoms with van der Waals surface area (Å²) in [6.07, 6.45) is 51.3. The number of carbonyl (C=O) groups is 2. The molecule has 0 aliphatic rings. The van der Waals surface area contributed by atoms with Gasteiger partial charge in [-0.25, -0.2) is 4.57 Å². The molecule has 0 rings (SSSR count). The van der Waals surface area contributed by atoms with Crippen molar-refractivity contribution in [1.82, 2.24) is 0 Å². The molecule has 348 valence electrons. The number of allylic oxidation sites excluding steroid dienone is 10. The number of hydrogen-bond acceptors (Lipinski definition) is 7. The van der Waals surface area contributed by atoms with Crippen molar-refractivity contribution in [2.24, 2.45) is 0 Å². The van der Waals surface area contributed by atoms with Crippen LogP contribution in [0.1, 0.15) is 194 Å². The highest BCUT2D eigenvalue weighted by molar-refractivity contribution is 7.47. The molecule has 0 bridgehead atoms. The largest absolute Gasteiger partial charge is 0.472 e. The van der Waals surface area contributed by atoms with Gasteiger partial charge in [0.1, 0.15) is 19.8 Å². The maximum absolute atomic E-state index is 12.7. The first-order valence-electron chi connectivity index (χ1n) is 24.0. The van der Waals surface area contributed by atoms with Crippen LogP contribution in [-0.4, -0.2) is 74.9 Å². The molecular formula is C50H91NO8P+. The van der Waals surface area contributed by atoms with E-state index in [0.717, 1.165) is 70.6 Å². The van der Waals surface area contributed by atoms with E-state index in [1.54, 1.807) is 0 Å². The Morgan fingerprint density at radius 3 is 1.42 bits per heavy atom. The Morgan fingerprint density at radius 2 is 0.950 bits per heavy atom. The summed E-state index contributed by atoms with van der Waals surface area (Å²) in [7, 11) is 1.45. The van der Waals surface area contributed by atoms with Crippen LogP contribution in [0, 0.1) is 0 Å². The lowest BCUT2D eigenvalue weighted by Crippen LogP contribution is -2.37. The summed E-state index contributed by atoms with van der Waals surface area (Å²) in [6, 6.07) is 0. The van der Waals surface area contributed by atoms with Crippen LogP contribution in [0.25, 0.3) is 0 Å². The van der Waals surface area contributed by atoms with Gasteiger partial charge in [-0.3, -0.25) is 18.6 Å². The van der Waals surface area contributed by atoms with Crippen LogP contribution in [0.2, 0.25) is 0 Å². The van der Waals surface area contributed by atoms with E-state index in [4.69, 9.17) is 18.5 Å². The second-order valence-electron chi connectivity index (χ2n) is 17.1. The average Bonchev–Trinajstić information content (AvgIpc) is 3.20. The molecule has 0 saturated heterocycles. The highest BCUT2D eigenvalue weighted by atomic mass is 31.2. The number of likely N-dealkylation sites (N-methyl/N-ethyl adjacent to an activating group) is 1. The first-order valence-corrected chi connectivity index (χ1v) is 25.5. The Balaban J connectivity index is 4.37. The van der Waals surface area contributed by atoms with Gasteiger partial charge in [-0.05, 0) is 57.8 Å². The molecule has 0 radical (unpaired) electrons. The fourth-order valence-corrected chi connectivity index (χ4v) is 7.08. The van der Waals surface area contributed by atoms with Crippen molar-refractivity contribution in [1.29, 1.82) is 0 Å². The minimum Gasteiger partial charge on any atom is -0.462 e. The number of nitrogens with zero attached hydrogens (tertiary/aromatic N) is 1. The number of hydrogen-bond donors (Lipinski definition) is 1. The van der Waals surface area contributed by atoms with Crippen molar-refractivity contribution in [2.45, 2.75) is 200 Å². The molecule has 0 heterocycles. The Kier molecular flexibility index (Phi) is 40.4. The summed E-state index contributed by atoms with van der Waals surface area (Å²) in [5, 5.41) is 0. The van der Waals surface area contributed by atoms with Crippen LogP contribution in [0.4, 0.5) is 0 Å². The van der Waals surface area contributed by atoms with Crippen molar-refractivity contribution >= 4 is 19.8 Å². The van der Waals surface area contributed by atoms with Gasteiger partial charge in [0.05, 0.1) is 27.7 Å². The molecule has 9 nitrogen and oxygen atoms in total. The fraction of sp³-hybridized carbons (Fsp3) is 0.760. The quantitative estimate of drug-likeness (QED) is 0.0212. The summed E-state index contributed by atoms with van der Waals surface area (Å²) in [6.45, 7) is 4.28. The number of esters is 2. The molecule has 1 N–H and O–H groups in total. The maximum Gasteiger partial charge on any atom is 0.472 e. The first kappa shape index (κ1) is 57.7. The standard InChI is InChI=1S/C50H90NO8P/c1-6-8-10-12-14-16-18-20-22-24-25-27-29-31-33-35-37-39-41-43-50(53)59-48(47-58-60(54,55)57-45-44-51(3,4)5)46-56-49(52)42-40-38-36-34-32-30-28-26-23-21-19-17-15-13-11-9-7-2/h8,10,14,16,20,22,25,27,31,33,48H,6-7,9,11-13,15,17-19,21,23-24,26,28-30,32,34-47H2,1-5H3/p+1/b10-8+,16-14+,22-20+,27-25+,33-31+/t48-/m1/s1. The van der Waals surface area contributed by atoms with Gasteiger partial charge in [0, 0.05) is 12.8 Å². The summed E-state index contributed by atoms with van der Waals surface area (Å²) in [5.41, 5.74) is 0. The number of quaternary nitrogens is 1. The lowest BCUT2D eigenvalue weighted by molar-refractivity contribution is -0.870. The van der Waals surface area contributed by atoms with E-state index in [1.807, 2.05) is 21.1 Å². The molecule has 0 saturated carbocycles. The third kappa shape index (κ3) is 45.2. The van der Waals surface area contributed by atoms with Gasteiger partial charge >= 0.3 is 19.8 Å². The Labute approximate surface area is 368 Å². The zero-order chi connectivity index (χ0) is 44.3. The number of ether oxygens (including phenoxy) is 2. The van der Waals surface area contributed by atoms with Crippen LogP contribution >= 0.6 is 7.82 Å². The van der Waals surface area contributed by atoms with Crippen molar-refractivity contribution < 1.29 is 42.1 Å². The lowest BCUT2D eigenvalue weighted by atomic mass is 10.0. The summed E-state index contributed by atoms with van der Waals surface area (Å²) < 4.78 is 34.4. The summed E-state index contributed by atoms with van der Waals surface area (Å²) in [4.78, 5) is 35.5. The normalized spacial score (nSPS) is 14.0. The zero-order valence-electron chi connectivity index (χ0n) is 39.2. The molecule has 0 fully saturated rings. The molecule has 1 unspecified atom stereocenters. The second kappa shape index (κ2) is 42.0. The Hall–Kier alpha value is -2.29. The van der Waals surface area contributed by atoms with Crippen molar-refractivity contribution in [3.05, 3.63) is 60.8 Å². The molecule has 0 spiro atoms. The van der Waals surface area contributed by atoms with E-state index >= 15 is 0 Å². The second-order valence-corrected chi connectivity index (χ2v) is 18.6. The molecule has 2 atom stereocenters. The van der Waals surface area contributed by atoms with E-state index in [9.17, 15) is 19.0 Å². The van der Waals surface area contributed by atoms with Gasteiger partial charge in [-0.1, -0.05) is 184 Å². The van der Waals surface area contributed by atoms with E-state index in [2.05, 4.69) is 74.6 Å². The first-order chi connectivity index (χ1) is 29.0. The number of rotatable bonds is 43. The van der Waals surface area contributed by atoms with Gasteiger partial charge in [-0.2, -0.15) is 0 Å². The molecule has 0 aliphatic carbocycles. The SMILES string of the molecule is CC/C=C/C/C=C/C/C=C/C/C=C/C/C=C/CCCCCC(=O)O[C@H](COC(=O)CCCCCCCCCCCCCCCCCCC)COP(=O)(O)OCC[N+](C)(C)C. The topological polar surface area (TPSA) is 108 Å². The highest BCUT2D eigenvalue weighted by Crippen LogP contribution is 2.43. The summed E-state index contributed by atoms with van der Waals surface area (Å²) >= 11 is 0. The molecule has 60 heavy (non-hydrogen) atoms. The molecule has 0 aromatic rings. The number of carbonyl (C=O) groups excluding carboxylic acids is 2. The van der Waals surface area contributed by atoms with E-state index in [0.29, 0.717) is 17.4 Å². The minimum atomic E-state index is -4.39. The van der Waals surface area contributed by atoms with Crippen LogP contribution in [0.15, 0.2) is 60.8 Å². The number of phosphoric acid groups is 1. The predicted molar refractivity (Wildman–Crippen MR) is 252 cm³/mol. The highest BCUT2D eigenvalue weighted by Gasteiger charge is 2.27. The van der Waals surface area contributed by atoms with Gasteiger partial charge in [0.2, 0.25) is 0 Å². The lowest BCUT2D eigenvalue weighted by Gasteiger charge is -2.24. The fourth-order valence-electron chi connectivity index (χ4n) is 6.33. The van der Waals surface area contributed by atoms with E-state index < -0.39 is 26.5 Å². The molecule has 10 heteroatoms. The molecule has 0 amide bonds. The van der Waals surface area contributed by atoms with Crippen molar-refractivity contribution in [2.75, 3.05) is 47.5 Å². The van der Waals surface area contributed by atoms with E-state index in [1.165, 1.54) is 89.9 Å². The van der Waals surface area contributed by atoms with Gasteiger partial charge < -0.3 is 18.9 Å². The Bertz CT molecular complexity index is 1210. The monoisotopic (exact) mass is 865 g/mol. The van der Waals surface area contributed by atoms with Crippen molar-refractivity contribution in [3.8, 4) is 0 Å². The molecule has 0 aliphatic heterocycles.